The summed E-state index contributed by atoms with van der Waals surface area (Å²) in [6.07, 6.45) is 0. The average molecular weight is 337 g/mol. The summed E-state index contributed by atoms with van der Waals surface area (Å²) in [5.74, 6) is -0.283. The second-order valence-electron chi connectivity index (χ2n) is 4.19. The predicted molar refractivity (Wildman–Crippen MR) is 81.7 cm³/mol. The van der Waals surface area contributed by atoms with Gasteiger partial charge in [-0.15, -0.1) is 0 Å². The lowest BCUT2D eigenvalue weighted by Gasteiger charge is -2.07. The maximum Gasteiger partial charge on any atom is 0.188 e. The van der Waals surface area contributed by atoms with Crippen LogP contribution in [0, 0.1) is 12.7 Å². The molecule has 0 aliphatic heterocycles. The fourth-order valence-electron chi connectivity index (χ4n) is 1.82. The van der Waals surface area contributed by atoms with Crippen molar-refractivity contribution in [2.24, 2.45) is 0 Å². The smallest absolute Gasteiger partial charge is 0.188 e. The molecule has 1 N–H and O–H groups in total. The first-order valence-corrected chi connectivity index (χ1v) is 7.32. The number of thiazole rings is 1. The summed E-state index contributed by atoms with van der Waals surface area (Å²) in [6.45, 7) is 1.93. The molecule has 0 aliphatic rings. The minimum Gasteiger partial charge on any atom is -0.331 e. The van der Waals surface area contributed by atoms with Crippen LogP contribution in [0.15, 0.2) is 40.9 Å². The lowest BCUT2D eigenvalue weighted by Crippen LogP contribution is -1.94. The maximum atomic E-state index is 13.6. The topological polar surface area (TPSA) is 24.9 Å². The first-order chi connectivity index (χ1) is 9.13. The molecule has 96 valence electrons. The van der Waals surface area contributed by atoms with E-state index >= 15 is 0 Å². The molecule has 0 bridgehead atoms. The Morgan fingerprint density at radius 1 is 1.26 bits per heavy atom. The molecule has 0 atom stereocenters. The molecule has 1 heterocycles. The molecule has 0 aliphatic carbocycles. The predicted octanol–water partition coefficient (Wildman–Crippen LogP) is 5.25. The van der Waals surface area contributed by atoms with E-state index in [1.807, 2.05) is 31.2 Å². The second-order valence-corrected chi connectivity index (χ2v) is 6.08. The van der Waals surface area contributed by atoms with Gasteiger partial charge in [-0.1, -0.05) is 23.5 Å². The number of aryl methyl sites for hydroxylation is 1. The molecule has 0 spiro atoms. The molecule has 3 rings (SSSR count). The van der Waals surface area contributed by atoms with Crippen molar-refractivity contribution in [3.63, 3.8) is 0 Å². The summed E-state index contributed by atoms with van der Waals surface area (Å²) in [5, 5.41) is 3.95. The number of benzene rings is 2. The molecular formula is C14H10BrFN2S. The second kappa shape index (κ2) is 4.90. The van der Waals surface area contributed by atoms with Crippen LogP contribution in [0.1, 0.15) is 5.56 Å². The number of anilines is 2. The first kappa shape index (κ1) is 12.6. The molecular weight excluding hydrogens is 327 g/mol. The summed E-state index contributed by atoms with van der Waals surface area (Å²) in [6, 6.07) is 11.2. The number of para-hydroxylation sites is 1. The standard InChI is InChI=1S/C14H10BrFN2S/c1-8-6-9(15)10(16)7-12(8)18-14-17-11-4-2-3-5-13(11)19-14/h2-7H,1H3,(H,17,18). The van der Waals surface area contributed by atoms with Crippen LogP contribution in [0.25, 0.3) is 10.2 Å². The Balaban J connectivity index is 1.98. The van der Waals surface area contributed by atoms with Crippen molar-refractivity contribution < 1.29 is 4.39 Å². The maximum absolute atomic E-state index is 13.6. The Kier molecular flexibility index (Phi) is 3.24. The monoisotopic (exact) mass is 336 g/mol. The Morgan fingerprint density at radius 2 is 2.05 bits per heavy atom. The van der Waals surface area contributed by atoms with Crippen LogP contribution in [0.3, 0.4) is 0 Å². The van der Waals surface area contributed by atoms with Crippen molar-refractivity contribution in [2.75, 3.05) is 5.32 Å². The van der Waals surface area contributed by atoms with E-state index < -0.39 is 0 Å². The molecule has 0 saturated heterocycles. The Morgan fingerprint density at radius 3 is 2.84 bits per heavy atom. The zero-order chi connectivity index (χ0) is 13.4. The number of fused-ring (bicyclic) bond motifs is 1. The van der Waals surface area contributed by atoms with E-state index in [9.17, 15) is 4.39 Å². The van der Waals surface area contributed by atoms with E-state index in [4.69, 9.17) is 0 Å². The van der Waals surface area contributed by atoms with Crippen LogP contribution in [0.2, 0.25) is 0 Å². The van der Waals surface area contributed by atoms with Gasteiger partial charge in [-0.05, 0) is 52.7 Å². The highest BCUT2D eigenvalue weighted by molar-refractivity contribution is 9.10. The fraction of sp³-hybridized carbons (Fsp3) is 0.0714. The molecule has 0 fully saturated rings. The highest BCUT2D eigenvalue weighted by Crippen LogP contribution is 2.31. The van der Waals surface area contributed by atoms with Crippen molar-refractivity contribution in [1.29, 1.82) is 0 Å². The number of hydrogen-bond acceptors (Lipinski definition) is 3. The highest BCUT2D eigenvalue weighted by atomic mass is 79.9. The number of nitrogens with zero attached hydrogens (tertiary/aromatic N) is 1. The van der Waals surface area contributed by atoms with Crippen LogP contribution < -0.4 is 5.32 Å². The molecule has 19 heavy (non-hydrogen) atoms. The van der Waals surface area contributed by atoms with Crippen molar-refractivity contribution in [3.05, 3.63) is 52.3 Å². The van der Waals surface area contributed by atoms with Gasteiger partial charge in [-0.2, -0.15) is 0 Å². The largest absolute Gasteiger partial charge is 0.331 e. The zero-order valence-corrected chi connectivity index (χ0v) is 12.5. The third-order valence-electron chi connectivity index (χ3n) is 2.80. The third kappa shape index (κ3) is 2.48. The summed E-state index contributed by atoms with van der Waals surface area (Å²) in [5.41, 5.74) is 2.65. The van der Waals surface area contributed by atoms with Crippen molar-refractivity contribution in [1.82, 2.24) is 4.98 Å². The van der Waals surface area contributed by atoms with Gasteiger partial charge in [0.25, 0.3) is 0 Å². The summed E-state index contributed by atoms with van der Waals surface area (Å²) in [4.78, 5) is 4.47. The van der Waals surface area contributed by atoms with E-state index in [0.29, 0.717) is 4.47 Å². The van der Waals surface area contributed by atoms with Gasteiger partial charge in [0.2, 0.25) is 0 Å². The van der Waals surface area contributed by atoms with Crippen LogP contribution in [-0.4, -0.2) is 4.98 Å². The van der Waals surface area contributed by atoms with E-state index in [1.165, 1.54) is 6.07 Å². The number of halogens is 2. The Hall–Kier alpha value is -1.46. The minimum absolute atomic E-state index is 0.283. The molecule has 0 saturated carbocycles. The van der Waals surface area contributed by atoms with Gasteiger partial charge >= 0.3 is 0 Å². The summed E-state index contributed by atoms with van der Waals surface area (Å²) < 4.78 is 15.1. The molecule has 5 heteroatoms. The van der Waals surface area contributed by atoms with E-state index in [1.54, 1.807) is 17.4 Å². The van der Waals surface area contributed by atoms with Crippen molar-refractivity contribution >= 4 is 48.3 Å². The number of aromatic nitrogens is 1. The number of nitrogens with one attached hydrogen (secondary N) is 1. The van der Waals surface area contributed by atoms with Gasteiger partial charge in [0.05, 0.1) is 14.7 Å². The van der Waals surface area contributed by atoms with Crippen molar-refractivity contribution in [2.45, 2.75) is 6.92 Å². The normalized spacial score (nSPS) is 10.9. The quantitative estimate of drug-likeness (QED) is 0.691. The van der Waals surface area contributed by atoms with E-state index in [-0.39, 0.29) is 5.82 Å². The van der Waals surface area contributed by atoms with E-state index in [0.717, 1.165) is 26.6 Å². The molecule has 0 radical (unpaired) electrons. The lowest BCUT2D eigenvalue weighted by molar-refractivity contribution is 0.621. The summed E-state index contributed by atoms with van der Waals surface area (Å²) >= 11 is 4.73. The molecule has 2 aromatic carbocycles. The van der Waals surface area contributed by atoms with Gasteiger partial charge in [-0.3, -0.25) is 0 Å². The van der Waals surface area contributed by atoms with Gasteiger partial charge in [0.15, 0.2) is 5.13 Å². The highest BCUT2D eigenvalue weighted by Gasteiger charge is 2.08. The Labute approximate surface area is 122 Å². The van der Waals surface area contributed by atoms with E-state index in [2.05, 4.69) is 26.2 Å². The van der Waals surface area contributed by atoms with Gasteiger partial charge in [-0.25, -0.2) is 9.37 Å². The van der Waals surface area contributed by atoms with Crippen LogP contribution in [-0.2, 0) is 0 Å². The molecule has 2 nitrogen and oxygen atoms in total. The number of hydrogen-bond donors (Lipinski definition) is 1. The van der Waals surface area contributed by atoms with Gasteiger partial charge < -0.3 is 5.32 Å². The van der Waals surface area contributed by atoms with Crippen LogP contribution in [0.5, 0.6) is 0 Å². The van der Waals surface area contributed by atoms with Crippen molar-refractivity contribution in [3.8, 4) is 0 Å². The molecule has 1 aromatic heterocycles. The molecule has 0 unspecified atom stereocenters. The molecule has 0 amide bonds. The van der Waals surface area contributed by atoms with Gasteiger partial charge in [0, 0.05) is 5.69 Å². The fourth-order valence-corrected chi connectivity index (χ4v) is 3.16. The van der Waals surface area contributed by atoms with Gasteiger partial charge in [0.1, 0.15) is 5.82 Å². The van der Waals surface area contributed by atoms with Crippen LogP contribution >= 0.6 is 27.3 Å². The average Bonchev–Trinajstić information content (AvgIpc) is 2.78. The molecule has 3 aromatic rings. The Bertz CT molecular complexity index is 721. The minimum atomic E-state index is -0.283. The lowest BCUT2D eigenvalue weighted by atomic mass is 10.2. The third-order valence-corrected chi connectivity index (χ3v) is 4.36. The SMILES string of the molecule is Cc1cc(Br)c(F)cc1Nc1nc2ccccc2s1. The summed E-state index contributed by atoms with van der Waals surface area (Å²) in [7, 11) is 0. The first-order valence-electron chi connectivity index (χ1n) is 5.72. The van der Waals surface area contributed by atoms with Crippen LogP contribution in [0.4, 0.5) is 15.2 Å². The zero-order valence-electron chi connectivity index (χ0n) is 10.1. The number of rotatable bonds is 2.